The molecule has 1 N–H and O–H groups in total. The number of halogens is 1. The Morgan fingerprint density at radius 3 is 2.65 bits per heavy atom. The van der Waals surface area contributed by atoms with Crippen LogP contribution < -0.4 is 9.46 Å². The van der Waals surface area contributed by atoms with Crippen LogP contribution in [0.4, 0.5) is 0 Å². The van der Waals surface area contributed by atoms with Crippen LogP contribution in [0.25, 0.3) is 0 Å². The molecule has 6 heteroatoms. The highest BCUT2D eigenvalue weighted by Crippen LogP contribution is 2.27. The molecule has 0 radical (unpaired) electrons. The van der Waals surface area contributed by atoms with Crippen LogP contribution in [0.15, 0.2) is 27.6 Å². The molecular weight excluding hydrogens is 306 g/mol. The molecule has 0 bridgehead atoms. The molecule has 0 spiro atoms. The number of methoxy groups -OCH3 is 1. The zero-order chi connectivity index (χ0) is 13.1. The summed E-state index contributed by atoms with van der Waals surface area (Å²) in [5, 5.41) is 0. The maximum atomic E-state index is 12.0. The van der Waals surface area contributed by atoms with E-state index in [4.69, 9.17) is 4.74 Å². The first-order valence-corrected chi connectivity index (χ1v) is 7.54. The van der Waals surface area contributed by atoms with Crippen molar-refractivity contribution in [2.24, 2.45) is 0 Å². The van der Waals surface area contributed by atoms with Gasteiger partial charge < -0.3 is 4.74 Å². The topological polar surface area (TPSA) is 55.4 Å². The van der Waals surface area contributed by atoms with Crippen LogP contribution in [0.3, 0.4) is 0 Å². The summed E-state index contributed by atoms with van der Waals surface area (Å²) in [6, 6.07) is 4.60. The first kappa shape index (κ1) is 14.5. The van der Waals surface area contributed by atoms with Crippen LogP contribution in [-0.4, -0.2) is 21.6 Å². The van der Waals surface area contributed by atoms with Gasteiger partial charge in [0.1, 0.15) is 5.75 Å². The number of hydrogen-bond donors (Lipinski definition) is 1. The Morgan fingerprint density at radius 1 is 1.47 bits per heavy atom. The van der Waals surface area contributed by atoms with Crippen molar-refractivity contribution in [3.05, 3.63) is 22.7 Å². The Kier molecular flexibility index (Phi) is 4.97. The first-order valence-electron chi connectivity index (χ1n) is 5.26. The lowest BCUT2D eigenvalue weighted by Gasteiger charge is -2.13. The van der Waals surface area contributed by atoms with Gasteiger partial charge in [0.2, 0.25) is 10.0 Å². The molecule has 96 valence electrons. The van der Waals surface area contributed by atoms with Crippen LogP contribution in [-0.2, 0) is 10.0 Å². The number of benzene rings is 1. The highest BCUT2D eigenvalue weighted by Gasteiger charge is 2.17. The summed E-state index contributed by atoms with van der Waals surface area (Å²) in [6.07, 6.45) is 0.743. The van der Waals surface area contributed by atoms with E-state index in [2.05, 4.69) is 20.7 Å². The summed E-state index contributed by atoms with van der Waals surface area (Å²) in [5.41, 5.74) is 0. The van der Waals surface area contributed by atoms with Crippen molar-refractivity contribution < 1.29 is 13.2 Å². The van der Waals surface area contributed by atoms with Crippen molar-refractivity contribution in [1.82, 2.24) is 4.72 Å². The highest BCUT2D eigenvalue weighted by atomic mass is 79.9. The fourth-order valence-corrected chi connectivity index (χ4v) is 2.97. The predicted molar refractivity (Wildman–Crippen MR) is 70.8 cm³/mol. The third-order valence-corrected chi connectivity index (χ3v) is 4.64. The van der Waals surface area contributed by atoms with E-state index in [9.17, 15) is 8.42 Å². The standard InChI is InChI=1S/C11H16BrNO3S/c1-4-8(2)13-17(14,15)9-5-6-10(12)11(7-9)16-3/h5-8,13H,4H2,1-3H3. The Labute approximate surface area is 111 Å². The zero-order valence-electron chi connectivity index (χ0n) is 10.0. The average Bonchev–Trinajstić information content (AvgIpc) is 2.28. The van der Waals surface area contributed by atoms with E-state index < -0.39 is 10.0 Å². The molecule has 1 unspecified atom stereocenters. The van der Waals surface area contributed by atoms with Crippen molar-refractivity contribution in [1.29, 1.82) is 0 Å². The van der Waals surface area contributed by atoms with Gasteiger partial charge in [-0.15, -0.1) is 0 Å². The molecule has 17 heavy (non-hydrogen) atoms. The van der Waals surface area contributed by atoms with Gasteiger partial charge in [-0.2, -0.15) is 0 Å². The van der Waals surface area contributed by atoms with Crippen molar-refractivity contribution in [3.8, 4) is 5.75 Å². The zero-order valence-corrected chi connectivity index (χ0v) is 12.4. The first-order chi connectivity index (χ1) is 7.90. The van der Waals surface area contributed by atoms with E-state index in [0.717, 1.165) is 10.9 Å². The molecule has 0 aromatic heterocycles. The van der Waals surface area contributed by atoms with E-state index in [1.54, 1.807) is 6.07 Å². The number of nitrogens with one attached hydrogen (secondary N) is 1. The lowest BCUT2D eigenvalue weighted by atomic mass is 10.3. The molecule has 1 rings (SSSR count). The van der Waals surface area contributed by atoms with Gasteiger partial charge >= 0.3 is 0 Å². The molecule has 0 heterocycles. The van der Waals surface area contributed by atoms with Crippen LogP contribution in [0, 0.1) is 0 Å². The third kappa shape index (κ3) is 3.69. The molecule has 1 aromatic rings. The summed E-state index contributed by atoms with van der Waals surface area (Å²) >= 11 is 3.28. The van der Waals surface area contributed by atoms with E-state index in [-0.39, 0.29) is 10.9 Å². The minimum atomic E-state index is -3.47. The second kappa shape index (κ2) is 5.84. The minimum absolute atomic E-state index is 0.0883. The van der Waals surface area contributed by atoms with Crippen LogP contribution in [0.5, 0.6) is 5.75 Å². The molecule has 1 atom stereocenters. The number of sulfonamides is 1. The molecule has 0 amide bonds. The monoisotopic (exact) mass is 321 g/mol. The normalized spacial score (nSPS) is 13.4. The Bertz CT molecular complexity index is 487. The molecule has 4 nitrogen and oxygen atoms in total. The minimum Gasteiger partial charge on any atom is -0.496 e. The van der Waals surface area contributed by atoms with Crippen molar-refractivity contribution in [3.63, 3.8) is 0 Å². The molecule has 0 fully saturated rings. The number of rotatable bonds is 5. The summed E-state index contributed by atoms with van der Waals surface area (Å²) < 4.78 is 32.4. The average molecular weight is 322 g/mol. The SMILES string of the molecule is CCC(C)NS(=O)(=O)c1ccc(Br)c(OC)c1. The quantitative estimate of drug-likeness (QED) is 0.906. The summed E-state index contributed by atoms with van der Waals surface area (Å²) in [6.45, 7) is 3.75. The maximum absolute atomic E-state index is 12.0. The van der Waals surface area contributed by atoms with Gasteiger partial charge in [-0.3, -0.25) is 0 Å². The lowest BCUT2D eigenvalue weighted by Crippen LogP contribution is -2.31. The van der Waals surface area contributed by atoms with Crippen molar-refractivity contribution in [2.45, 2.75) is 31.2 Å². The second-order valence-corrected chi connectivity index (χ2v) is 6.30. The summed E-state index contributed by atoms with van der Waals surface area (Å²) in [7, 11) is -1.97. The van der Waals surface area contributed by atoms with E-state index in [0.29, 0.717) is 5.75 Å². The Balaban J connectivity index is 3.07. The van der Waals surface area contributed by atoms with Gasteiger partial charge in [-0.1, -0.05) is 6.92 Å². The van der Waals surface area contributed by atoms with Crippen LogP contribution in [0.2, 0.25) is 0 Å². The van der Waals surface area contributed by atoms with E-state index >= 15 is 0 Å². The van der Waals surface area contributed by atoms with Gasteiger partial charge in [0.15, 0.2) is 0 Å². The van der Waals surface area contributed by atoms with Gasteiger partial charge in [0.05, 0.1) is 16.5 Å². The van der Waals surface area contributed by atoms with E-state index in [1.807, 2.05) is 13.8 Å². The molecule has 0 saturated carbocycles. The largest absolute Gasteiger partial charge is 0.496 e. The number of hydrogen-bond acceptors (Lipinski definition) is 3. The summed E-state index contributed by atoms with van der Waals surface area (Å²) in [4.78, 5) is 0.206. The fraction of sp³-hybridized carbons (Fsp3) is 0.455. The van der Waals surface area contributed by atoms with Gasteiger partial charge in [0, 0.05) is 12.1 Å². The van der Waals surface area contributed by atoms with Crippen molar-refractivity contribution in [2.75, 3.05) is 7.11 Å². The van der Waals surface area contributed by atoms with E-state index in [1.165, 1.54) is 19.2 Å². The highest BCUT2D eigenvalue weighted by molar-refractivity contribution is 9.10. The molecule has 0 aliphatic carbocycles. The van der Waals surface area contributed by atoms with Gasteiger partial charge in [0.25, 0.3) is 0 Å². The molecule has 0 saturated heterocycles. The fourth-order valence-electron chi connectivity index (χ4n) is 1.22. The predicted octanol–water partition coefficient (Wildman–Crippen LogP) is 2.53. The lowest BCUT2D eigenvalue weighted by molar-refractivity contribution is 0.410. The Morgan fingerprint density at radius 2 is 2.12 bits per heavy atom. The molecule has 1 aromatic carbocycles. The van der Waals surface area contributed by atoms with Gasteiger partial charge in [-0.25, -0.2) is 13.1 Å². The summed E-state index contributed by atoms with van der Waals surface area (Å²) in [5.74, 6) is 0.497. The third-order valence-electron chi connectivity index (χ3n) is 2.40. The number of ether oxygens (including phenoxy) is 1. The molecule has 0 aliphatic rings. The maximum Gasteiger partial charge on any atom is 0.240 e. The Hall–Kier alpha value is -0.590. The van der Waals surface area contributed by atoms with Gasteiger partial charge in [-0.05, 0) is 41.4 Å². The van der Waals surface area contributed by atoms with Crippen LogP contribution in [0.1, 0.15) is 20.3 Å². The van der Waals surface area contributed by atoms with Crippen LogP contribution >= 0.6 is 15.9 Å². The second-order valence-electron chi connectivity index (χ2n) is 3.73. The molecular formula is C11H16BrNO3S. The smallest absolute Gasteiger partial charge is 0.240 e. The van der Waals surface area contributed by atoms with Crippen molar-refractivity contribution >= 4 is 26.0 Å². The molecule has 0 aliphatic heterocycles.